The lowest BCUT2D eigenvalue weighted by atomic mass is 10.2. The summed E-state index contributed by atoms with van der Waals surface area (Å²) in [6, 6.07) is 6.09. The molecule has 3 aromatic heterocycles. The van der Waals surface area contributed by atoms with Crippen molar-refractivity contribution in [2.75, 3.05) is 5.32 Å². The third kappa shape index (κ3) is 2.91. The lowest BCUT2D eigenvalue weighted by Crippen LogP contribution is -2.13. The average molecular weight is 317 g/mol. The Bertz CT molecular complexity index is 742. The molecule has 0 radical (unpaired) electrons. The smallest absolute Gasteiger partial charge is 0.259 e. The van der Waals surface area contributed by atoms with Crippen LogP contribution in [0.5, 0.6) is 0 Å². The molecule has 1 N–H and O–H groups in total. The van der Waals surface area contributed by atoms with Crippen LogP contribution in [0.25, 0.3) is 0 Å². The fourth-order valence-electron chi connectivity index (χ4n) is 2.28. The summed E-state index contributed by atoms with van der Waals surface area (Å²) in [5.74, 6) is -0.101. The summed E-state index contributed by atoms with van der Waals surface area (Å²) in [5, 5.41) is 7.38. The normalized spacial score (nSPS) is 10.8. The van der Waals surface area contributed by atoms with E-state index in [0.29, 0.717) is 10.7 Å². The van der Waals surface area contributed by atoms with Crippen LogP contribution in [0.4, 0.5) is 5.13 Å². The second-order valence-electron chi connectivity index (χ2n) is 4.74. The van der Waals surface area contributed by atoms with Crippen LogP contribution in [0.1, 0.15) is 26.6 Å². The highest BCUT2D eigenvalue weighted by molar-refractivity contribution is 7.13. The van der Waals surface area contributed by atoms with Gasteiger partial charge in [0.05, 0.1) is 12.1 Å². The molecular formula is C15H15N3OS2. The van der Waals surface area contributed by atoms with Gasteiger partial charge in [0.1, 0.15) is 0 Å². The van der Waals surface area contributed by atoms with Crippen LogP contribution in [-0.2, 0) is 6.54 Å². The van der Waals surface area contributed by atoms with Crippen molar-refractivity contribution in [3.8, 4) is 0 Å². The first-order chi connectivity index (χ1) is 10.1. The van der Waals surface area contributed by atoms with Crippen molar-refractivity contribution in [2.24, 2.45) is 0 Å². The summed E-state index contributed by atoms with van der Waals surface area (Å²) in [4.78, 5) is 17.7. The summed E-state index contributed by atoms with van der Waals surface area (Å²) in [6.45, 7) is 4.82. The minimum atomic E-state index is -0.101. The number of carbonyl (C=O) groups is 1. The number of hydrogen-bond donors (Lipinski definition) is 1. The van der Waals surface area contributed by atoms with Gasteiger partial charge in [-0.25, -0.2) is 4.98 Å². The van der Waals surface area contributed by atoms with Gasteiger partial charge in [0.15, 0.2) is 5.13 Å². The SMILES string of the molecule is Cc1cc(C(=O)Nc2nccs2)c(C)n1Cc1cccs1. The van der Waals surface area contributed by atoms with E-state index >= 15 is 0 Å². The largest absolute Gasteiger partial charge is 0.343 e. The number of thiophene rings is 1. The zero-order valence-corrected chi connectivity index (χ0v) is 13.4. The molecule has 0 aromatic carbocycles. The van der Waals surface area contributed by atoms with Crippen molar-refractivity contribution in [3.05, 3.63) is 57.0 Å². The first kappa shape index (κ1) is 14.0. The van der Waals surface area contributed by atoms with Gasteiger partial charge in [-0.2, -0.15) is 0 Å². The Morgan fingerprint density at radius 3 is 2.86 bits per heavy atom. The molecular weight excluding hydrogens is 302 g/mol. The Balaban J connectivity index is 1.85. The number of nitrogens with one attached hydrogen (secondary N) is 1. The predicted molar refractivity (Wildman–Crippen MR) is 87.4 cm³/mol. The number of aromatic nitrogens is 2. The van der Waals surface area contributed by atoms with E-state index in [0.717, 1.165) is 17.9 Å². The van der Waals surface area contributed by atoms with Gasteiger partial charge in [-0.3, -0.25) is 10.1 Å². The molecule has 108 valence electrons. The quantitative estimate of drug-likeness (QED) is 0.792. The number of carbonyl (C=O) groups excluding carboxylic acids is 1. The summed E-state index contributed by atoms with van der Waals surface area (Å²) < 4.78 is 2.17. The van der Waals surface area contributed by atoms with Crippen molar-refractivity contribution >= 4 is 33.7 Å². The van der Waals surface area contributed by atoms with Crippen LogP contribution >= 0.6 is 22.7 Å². The molecule has 21 heavy (non-hydrogen) atoms. The molecule has 0 atom stereocenters. The Kier molecular flexibility index (Phi) is 3.90. The van der Waals surface area contributed by atoms with Crippen molar-refractivity contribution in [1.29, 1.82) is 0 Å². The van der Waals surface area contributed by atoms with Crippen LogP contribution in [0.3, 0.4) is 0 Å². The first-order valence-electron chi connectivity index (χ1n) is 6.55. The van der Waals surface area contributed by atoms with Gasteiger partial charge in [0.2, 0.25) is 0 Å². The molecule has 4 nitrogen and oxygen atoms in total. The Morgan fingerprint density at radius 1 is 1.33 bits per heavy atom. The molecule has 3 rings (SSSR count). The zero-order valence-electron chi connectivity index (χ0n) is 11.8. The maximum atomic E-state index is 12.3. The molecule has 6 heteroatoms. The van der Waals surface area contributed by atoms with E-state index in [1.165, 1.54) is 16.2 Å². The third-order valence-corrected chi connectivity index (χ3v) is 4.91. The Hall–Kier alpha value is -1.92. The molecule has 0 saturated carbocycles. The van der Waals surface area contributed by atoms with Gasteiger partial charge in [-0.05, 0) is 31.4 Å². The highest BCUT2D eigenvalue weighted by Crippen LogP contribution is 2.21. The van der Waals surface area contributed by atoms with Crippen LogP contribution in [-0.4, -0.2) is 15.5 Å². The van der Waals surface area contributed by atoms with Gasteiger partial charge in [-0.1, -0.05) is 6.07 Å². The third-order valence-electron chi connectivity index (χ3n) is 3.37. The fourth-order valence-corrected chi connectivity index (χ4v) is 3.50. The van der Waals surface area contributed by atoms with Crippen LogP contribution in [0.2, 0.25) is 0 Å². The highest BCUT2D eigenvalue weighted by atomic mass is 32.1. The van der Waals surface area contributed by atoms with E-state index in [1.807, 2.05) is 31.4 Å². The molecule has 0 fully saturated rings. The molecule has 3 heterocycles. The van der Waals surface area contributed by atoms with Crippen molar-refractivity contribution in [1.82, 2.24) is 9.55 Å². The van der Waals surface area contributed by atoms with Crippen LogP contribution in [0, 0.1) is 13.8 Å². The van der Waals surface area contributed by atoms with Crippen molar-refractivity contribution < 1.29 is 4.79 Å². The fraction of sp³-hybridized carbons (Fsp3) is 0.200. The number of hydrogen-bond acceptors (Lipinski definition) is 4. The summed E-state index contributed by atoms with van der Waals surface area (Å²) in [7, 11) is 0. The number of nitrogens with zero attached hydrogens (tertiary/aromatic N) is 2. The minimum Gasteiger partial charge on any atom is -0.343 e. The van der Waals surface area contributed by atoms with Crippen molar-refractivity contribution in [2.45, 2.75) is 20.4 Å². The lowest BCUT2D eigenvalue weighted by Gasteiger charge is -2.08. The predicted octanol–water partition coefficient (Wildman–Crippen LogP) is 3.92. The highest BCUT2D eigenvalue weighted by Gasteiger charge is 2.16. The van der Waals surface area contributed by atoms with Gasteiger partial charge >= 0.3 is 0 Å². The molecule has 0 saturated heterocycles. The molecule has 0 aliphatic heterocycles. The monoisotopic (exact) mass is 317 g/mol. The first-order valence-corrected chi connectivity index (χ1v) is 8.31. The van der Waals surface area contributed by atoms with E-state index < -0.39 is 0 Å². The molecule has 0 aliphatic carbocycles. The van der Waals surface area contributed by atoms with E-state index in [2.05, 4.69) is 26.3 Å². The maximum absolute atomic E-state index is 12.3. The standard InChI is InChI=1S/C15H15N3OS2/c1-10-8-13(14(19)17-15-16-5-7-21-15)11(2)18(10)9-12-4-3-6-20-12/h3-8H,9H2,1-2H3,(H,16,17,19). The number of aryl methyl sites for hydroxylation is 1. The van der Waals surface area contributed by atoms with E-state index in [-0.39, 0.29) is 5.91 Å². The second-order valence-corrected chi connectivity index (χ2v) is 6.67. The summed E-state index contributed by atoms with van der Waals surface area (Å²) in [5.41, 5.74) is 2.78. The van der Waals surface area contributed by atoms with Crippen LogP contribution in [0.15, 0.2) is 35.2 Å². The molecule has 0 spiro atoms. The summed E-state index contributed by atoms with van der Waals surface area (Å²) in [6.07, 6.45) is 1.68. The Morgan fingerprint density at radius 2 is 2.19 bits per heavy atom. The second kappa shape index (κ2) is 5.83. The molecule has 1 amide bonds. The minimum absolute atomic E-state index is 0.101. The summed E-state index contributed by atoms with van der Waals surface area (Å²) >= 11 is 3.15. The average Bonchev–Trinajstić information content (AvgIpc) is 3.17. The number of rotatable bonds is 4. The molecule has 3 aromatic rings. The van der Waals surface area contributed by atoms with Gasteiger partial charge in [-0.15, -0.1) is 22.7 Å². The lowest BCUT2D eigenvalue weighted by molar-refractivity contribution is 0.102. The van der Waals surface area contributed by atoms with Gasteiger partial charge in [0.25, 0.3) is 5.91 Å². The molecule has 0 unspecified atom stereocenters. The topological polar surface area (TPSA) is 46.9 Å². The van der Waals surface area contributed by atoms with E-state index in [4.69, 9.17) is 0 Å². The van der Waals surface area contributed by atoms with Crippen molar-refractivity contribution in [3.63, 3.8) is 0 Å². The van der Waals surface area contributed by atoms with E-state index in [9.17, 15) is 4.79 Å². The van der Waals surface area contributed by atoms with Gasteiger partial charge < -0.3 is 4.57 Å². The number of thiazole rings is 1. The molecule has 0 bridgehead atoms. The molecule has 0 aliphatic rings. The Labute approximate surface area is 131 Å². The number of anilines is 1. The zero-order chi connectivity index (χ0) is 14.8. The van der Waals surface area contributed by atoms with Gasteiger partial charge in [0, 0.05) is 27.8 Å². The maximum Gasteiger partial charge on any atom is 0.259 e. The van der Waals surface area contributed by atoms with Crippen LogP contribution < -0.4 is 5.32 Å². The number of amides is 1. The van der Waals surface area contributed by atoms with E-state index in [1.54, 1.807) is 17.5 Å².